The fourth-order valence-electron chi connectivity index (χ4n) is 5.73. The zero-order valence-electron chi connectivity index (χ0n) is 18.8. The molecule has 3 atom stereocenters. The van der Waals surface area contributed by atoms with E-state index in [1.807, 2.05) is 30.3 Å². The summed E-state index contributed by atoms with van der Waals surface area (Å²) in [4.78, 5) is 29.3. The third kappa shape index (κ3) is 4.28. The Morgan fingerprint density at radius 3 is 2.45 bits per heavy atom. The van der Waals surface area contributed by atoms with Crippen LogP contribution in [0, 0.1) is 17.8 Å². The lowest BCUT2D eigenvalue weighted by molar-refractivity contribution is -0.168. The van der Waals surface area contributed by atoms with Crippen LogP contribution < -0.4 is 0 Å². The Balaban J connectivity index is 1.29. The average Bonchev–Trinajstić information content (AvgIpc) is 3.37. The van der Waals surface area contributed by atoms with E-state index in [-0.39, 0.29) is 48.9 Å². The molecule has 2 aliphatic heterocycles. The van der Waals surface area contributed by atoms with Crippen molar-refractivity contribution in [1.82, 2.24) is 9.80 Å². The number of aliphatic hydroxyl groups excluding tert-OH is 1. The van der Waals surface area contributed by atoms with Crippen molar-refractivity contribution >= 4 is 11.8 Å². The number of piperazine rings is 1. The highest BCUT2D eigenvalue weighted by Crippen LogP contribution is 2.43. The molecule has 1 N–H and O–H groups in total. The van der Waals surface area contributed by atoms with E-state index in [1.165, 1.54) is 5.56 Å². The van der Waals surface area contributed by atoms with Crippen LogP contribution in [0.5, 0.6) is 0 Å². The highest BCUT2D eigenvalue weighted by atomic mass is 16.3. The van der Waals surface area contributed by atoms with E-state index in [9.17, 15) is 14.7 Å². The molecule has 2 aromatic carbocycles. The van der Waals surface area contributed by atoms with Crippen LogP contribution in [0.15, 0.2) is 54.6 Å². The Morgan fingerprint density at radius 1 is 1.03 bits per heavy atom. The molecule has 1 aliphatic carbocycles. The second kappa shape index (κ2) is 9.41. The molecule has 2 heterocycles. The molecule has 2 saturated heterocycles. The van der Waals surface area contributed by atoms with Gasteiger partial charge in [-0.15, -0.1) is 0 Å². The van der Waals surface area contributed by atoms with Crippen molar-refractivity contribution in [2.24, 2.45) is 5.92 Å². The van der Waals surface area contributed by atoms with Gasteiger partial charge in [0.05, 0.1) is 25.2 Å². The molecule has 5 rings (SSSR count). The number of hydrogen-bond acceptors (Lipinski definition) is 3. The van der Waals surface area contributed by atoms with Crippen molar-refractivity contribution in [2.45, 2.75) is 50.1 Å². The molecule has 0 spiro atoms. The van der Waals surface area contributed by atoms with E-state index in [2.05, 4.69) is 36.1 Å². The maximum absolute atomic E-state index is 13.0. The number of amides is 2. The summed E-state index contributed by atoms with van der Waals surface area (Å²) in [5, 5.41) is 10.0. The number of benzene rings is 2. The van der Waals surface area contributed by atoms with Crippen molar-refractivity contribution in [3.8, 4) is 11.8 Å². The number of carbonyl (C=O) groups excluding carboxylic acids is 2. The van der Waals surface area contributed by atoms with Gasteiger partial charge in [0.1, 0.15) is 0 Å². The Bertz CT molecular complexity index is 1060. The van der Waals surface area contributed by atoms with E-state index < -0.39 is 0 Å². The minimum atomic E-state index is -0.221. The van der Waals surface area contributed by atoms with Crippen molar-refractivity contribution < 1.29 is 14.7 Å². The van der Waals surface area contributed by atoms with Crippen LogP contribution in [0.3, 0.4) is 0 Å². The van der Waals surface area contributed by atoms with Crippen LogP contribution in [0.2, 0.25) is 0 Å². The van der Waals surface area contributed by atoms with Gasteiger partial charge in [-0.3, -0.25) is 9.59 Å². The van der Waals surface area contributed by atoms with Gasteiger partial charge >= 0.3 is 0 Å². The normalized spacial score (nSPS) is 24.6. The minimum Gasteiger partial charge on any atom is -0.394 e. The molecule has 3 aliphatic rings. The first-order chi connectivity index (χ1) is 16.2. The first kappa shape index (κ1) is 21.7. The summed E-state index contributed by atoms with van der Waals surface area (Å²) in [6, 6.07) is 18.0. The Morgan fingerprint density at radius 2 is 1.76 bits per heavy atom. The summed E-state index contributed by atoms with van der Waals surface area (Å²) in [6.07, 6.45) is 4.79. The number of hydrogen-bond donors (Lipinski definition) is 1. The predicted molar refractivity (Wildman–Crippen MR) is 126 cm³/mol. The standard InChI is InChI=1S/C28H30N2O3/c31-19-25-27(22-15-13-21(14-16-22)10-6-9-20-7-2-1-3-8-20)24-17-29(18-26(32)30(24)25)28(33)23-11-4-5-12-23/h1-3,7-8,13-16,23-25,27,31H,4-5,9,11-12,17-19H2/t24-,25-,27+/m1/s1. The first-order valence-corrected chi connectivity index (χ1v) is 12.0. The second-order valence-electron chi connectivity index (χ2n) is 9.43. The second-order valence-corrected chi connectivity index (χ2v) is 9.43. The molecule has 170 valence electrons. The summed E-state index contributed by atoms with van der Waals surface area (Å²) < 4.78 is 0. The van der Waals surface area contributed by atoms with Crippen molar-refractivity contribution in [2.75, 3.05) is 19.7 Å². The van der Waals surface area contributed by atoms with Crippen LogP contribution in [0.1, 0.15) is 48.3 Å². The summed E-state index contributed by atoms with van der Waals surface area (Å²) in [7, 11) is 0. The smallest absolute Gasteiger partial charge is 0.242 e. The van der Waals surface area contributed by atoms with E-state index >= 15 is 0 Å². The Labute approximate surface area is 195 Å². The van der Waals surface area contributed by atoms with Gasteiger partial charge in [0.25, 0.3) is 0 Å². The largest absolute Gasteiger partial charge is 0.394 e. The van der Waals surface area contributed by atoms with E-state index in [4.69, 9.17) is 0 Å². The number of carbonyl (C=O) groups is 2. The molecule has 0 aromatic heterocycles. The number of nitrogens with zero attached hydrogens (tertiary/aromatic N) is 2. The van der Waals surface area contributed by atoms with Gasteiger partial charge in [0, 0.05) is 30.4 Å². The molecule has 2 aromatic rings. The highest BCUT2D eigenvalue weighted by Gasteiger charge is 2.54. The number of rotatable bonds is 4. The van der Waals surface area contributed by atoms with E-state index in [1.54, 1.807) is 9.80 Å². The van der Waals surface area contributed by atoms with Gasteiger partial charge in [0.15, 0.2) is 0 Å². The molecule has 5 heteroatoms. The predicted octanol–water partition coefficient (Wildman–Crippen LogP) is 2.97. The zero-order valence-corrected chi connectivity index (χ0v) is 18.8. The summed E-state index contributed by atoms with van der Waals surface area (Å²) >= 11 is 0. The van der Waals surface area contributed by atoms with E-state index in [0.29, 0.717) is 13.0 Å². The Hall–Kier alpha value is -3.10. The highest BCUT2D eigenvalue weighted by molar-refractivity contribution is 5.88. The molecule has 0 bridgehead atoms. The summed E-state index contributed by atoms with van der Waals surface area (Å²) in [5.41, 5.74) is 3.23. The average molecular weight is 443 g/mol. The van der Waals surface area contributed by atoms with Crippen molar-refractivity contribution in [1.29, 1.82) is 0 Å². The summed E-state index contributed by atoms with van der Waals surface area (Å²) in [6.45, 7) is 0.633. The molecule has 1 saturated carbocycles. The quantitative estimate of drug-likeness (QED) is 0.741. The first-order valence-electron chi connectivity index (χ1n) is 12.0. The third-order valence-corrected chi connectivity index (χ3v) is 7.43. The topological polar surface area (TPSA) is 60.9 Å². The van der Waals surface area contributed by atoms with Crippen molar-refractivity contribution in [3.63, 3.8) is 0 Å². The fourth-order valence-corrected chi connectivity index (χ4v) is 5.73. The van der Waals surface area contributed by atoms with Crippen LogP contribution >= 0.6 is 0 Å². The van der Waals surface area contributed by atoms with Crippen LogP contribution in [0.25, 0.3) is 0 Å². The Kier molecular flexibility index (Phi) is 6.20. The summed E-state index contributed by atoms with van der Waals surface area (Å²) in [5.74, 6) is 6.64. The van der Waals surface area contributed by atoms with Gasteiger partial charge in [-0.25, -0.2) is 0 Å². The lowest BCUT2D eigenvalue weighted by Gasteiger charge is -2.59. The molecule has 33 heavy (non-hydrogen) atoms. The van der Waals surface area contributed by atoms with Crippen LogP contribution in [-0.4, -0.2) is 58.5 Å². The third-order valence-electron chi connectivity index (χ3n) is 7.43. The van der Waals surface area contributed by atoms with Gasteiger partial charge in [-0.1, -0.05) is 67.1 Å². The zero-order chi connectivity index (χ0) is 22.8. The molecule has 2 amide bonds. The van der Waals surface area contributed by atoms with Gasteiger partial charge in [0.2, 0.25) is 11.8 Å². The molecule has 0 unspecified atom stereocenters. The molecular formula is C28H30N2O3. The maximum Gasteiger partial charge on any atom is 0.242 e. The number of fused-ring (bicyclic) bond motifs is 1. The van der Waals surface area contributed by atoms with Crippen LogP contribution in [0.4, 0.5) is 0 Å². The fraction of sp³-hybridized carbons (Fsp3) is 0.429. The maximum atomic E-state index is 13.0. The van der Waals surface area contributed by atoms with Gasteiger partial charge < -0.3 is 14.9 Å². The minimum absolute atomic E-state index is 0.0319. The van der Waals surface area contributed by atoms with Crippen molar-refractivity contribution in [3.05, 3.63) is 71.3 Å². The number of aliphatic hydroxyl groups is 1. The molecule has 3 fully saturated rings. The van der Waals surface area contributed by atoms with Gasteiger partial charge in [-0.05, 0) is 36.1 Å². The SMILES string of the molecule is O=C(C1CCCC1)N1CC(=O)N2[C@H](CO)[C@@H](c3ccc(C#CCc4ccccc4)cc3)[C@H]2C1. The van der Waals surface area contributed by atoms with E-state index in [0.717, 1.165) is 36.8 Å². The lowest BCUT2D eigenvalue weighted by Crippen LogP contribution is -2.73. The van der Waals surface area contributed by atoms with Gasteiger partial charge in [-0.2, -0.15) is 0 Å². The molecule has 0 radical (unpaired) electrons. The molecular weight excluding hydrogens is 412 g/mol. The van der Waals surface area contributed by atoms with Crippen LogP contribution in [-0.2, 0) is 16.0 Å². The molecule has 5 nitrogen and oxygen atoms in total. The monoisotopic (exact) mass is 442 g/mol. The lowest BCUT2D eigenvalue weighted by atomic mass is 9.73.